The van der Waals surface area contributed by atoms with Crippen molar-refractivity contribution in [3.05, 3.63) is 59.8 Å². The number of rotatable bonds is 6. The van der Waals surface area contributed by atoms with Gasteiger partial charge in [-0.3, -0.25) is 4.79 Å². The first-order chi connectivity index (χ1) is 12.2. The highest BCUT2D eigenvalue weighted by molar-refractivity contribution is 5.85. The summed E-state index contributed by atoms with van der Waals surface area (Å²) in [4.78, 5) is 18.8. The summed E-state index contributed by atoms with van der Waals surface area (Å²) >= 11 is 0. The molecule has 1 aromatic carbocycles. The van der Waals surface area contributed by atoms with Crippen LogP contribution < -0.4 is 16.0 Å². The van der Waals surface area contributed by atoms with E-state index in [0.29, 0.717) is 13.0 Å². The molecule has 1 atom stereocenters. The van der Waals surface area contributed by atoms with Crippen molar-refractivity contribution < 1.29 is 9.53 Å². The average molecular weight is 413 g/mol. The van der Waals surface area contributed by atoms with Crippen LogP contribution >= 0.6 is 24.8 Å². The lowest BCUT2D eigenvalue weighted by Gasteiger charge is -2.28. The van der Waals surface area contributed by atoms with E-state index in [1.54, 1.807) is 6.20 Å². The first-order valence-corrected chi connectivity index (χ1v) is 8.57. The molecule has 1 unspecified atom stereocenters. The summed E-state index contributed by atoms with van der Waals surface area (Å²) in [6, 6.07) is 13.2. The van der Waals surface area contributed by atoms with Gasteiger partial charge in [0.1, 0.15) is 5.82 Å². The van der Waals surface area contributed by atoms with Gasteiger partial charge in [-0.2, -0.15) is 0 Å². The molecule has 148 valence electrons. The van der Waals surface area contributed by atoms with Crippen LogP contribution in [0.5, 0.6) is 0 Å². The molecule has 2 aromatic rings. The van der Waals surface area contributed by atoms with Crippen molar-refractivity contribution in [1.82, 2.24) is 10.3 Å². The second-order valence-corrected chi connectivity index (χ2v) is 6.14. The van der Waals surface area contributed by atoms with Gasteiger partial charge >= 0.3 is 0 Å². The molecule has 1 saturated heterocycles. The number of nitrogens with two attached hydrogens (primary N) is 1. The van der Waals surface area contributed by atoms with Crippen molar-refractivity contribution in [2.24, 2.45) is 5.73 Å². The summed E-state index contributed by atoms with van der Waals surface area (Å²) < 4.78 is 5.37. The molecule has 27 heavy (non-hydrogen) atoms. The predicted octanol–water partition coefficient (Wildman–Crippen LogP) is 1.95. The molecule has 3 rings (SSSR count). The smallest absolute Gasteiger partial charge is 0.237 e. The highest BCUT2D eigenvalue weighted by atomic mass is 35.5. The Kier molecular flexibility index (Phi) is 10.1. The minimum Gasteiger partial charge on any atom is -0.378 e. The third-order valence-electron chi connectivity index (χ3n) is 4.25. The van der Waals surface area contributed by atoms with E-state index in [-0.39, 0.29) is 30.7 Å². The highest BCUT2D eigenvalue weighted by Gasteiger charge is 2.15. The number of carbonyl (C=O) groups excluding carboxylic acids is 1. The van der Waals surface area contributed by atoms with Crippen LogP contribution in [-0.4, -0.2) is 43.2 Å². The van der Waals surface area contributed by atoms with Gasteiger partial charge < -0.3 is 20.7 Å². The monoisotopic (exact) mass is 412 g/mol. The third kappa shape index (κ3) is 6.99. The van der Waals surface area contributed by atoms with E-state index in [2.05, 4.69) is 15.2 Å². The molecule has 1 amide bonds. The lowest BCUT2D eigenvalue weighted by atomic mass is 10.1. The normalized spacial score (nSPS) is 14.5. The fourth-order valence-corrected chi connectivity index (χ4v) is 2.82. The number of morpholine rings is 1. The van der Waals surface area contributed by atoms with Crippen LogP contribution in [0.3, 0.4) is 0 Å². The molecule has 1 fully saturated rings. The molecule has 0 radical (unpaired) electrons. The van der Waals surface area contributed by atoms with Crippen LogP contribution in [0.15, 0.2) is 48.7 Å². The molecule has 0 bridgehead atoms. The van der Waals surface area contributed by atoms with E-state index in [9.17, 15) is 4.79 Å². The summed E-state index contributed by atoms with van der Waals surface area (Å²) in [7, 11) is 0. The van der Waals surface area contributed by atoms with E-state index in [1.807, 2.05) is 42.5 Å². The maximum Gasteiger partial charge on any atom is 0.237 e. The van der Waals surface area contributed by atoms with Gasteiger partial charge in [-0.05, 0) is 29.7 Å². The van der Waals surface area contributed by atoms with Gasteiger partial charge in [0.15, 0.2) is 0 Å². The molecular weight excluding hydrogens is 387 g/mol. The fraction of sp³-hybridized carbons (Fsp3) is 0.368. The maximum atomic E-state index is 12.2. The van der Waals surface area contributed by atoms with Crippen LogP contribution in [-0.2, 0) is 22.5 Å². The summed E-state index contributed by atoms with van der Waals surface area (Å²) in [6.45, 7) is 3.56. The molecule has 6 nitrogen and oxygen atoms in total. The van der Waals surface area contributed by atoms with Gasteiger partial charge in [-0.25, -0.2) is 4.98 Å². The zero-order chi connectivity index (χ0) is 17.5. The Morgan fingerprint density at radius 1 is 1.15 bits per heavy atom. The second-order valence-electron chi connectivity index (χ2n) is 6.14. The Balaban J connectivity index is 0.00000182. The lowest BCUT2D eigenvalue weighted by Crippen LogP contribution is -2.41. The van der Waals surface area contributed by atoms with Crippen molar-refractivity contribution in [2.75, 3.05) is 31.2 Å². The molecule has 3 N–H and O–H groups in total. The minimum atomic E-state index is -0.553. The standard InChI is InChI=1S/C19H24N4O2.2ClH/c20-17(12-15-4-2-1-3-5-15)19(24)22-14-16-6-7-21-18(13-16)23-8-10-25-11-9-23;;/h1-7,13,17H,8-12,14,20H2,(H,22,24);2*1H. The van der Waals surface area contributed by atoms with Crippen LogP contribution in [0.4, 0.5) is 5.82 Å². The van der Waals surface area contributed by atoms with Crippen molar-refractivity contribution in [2.45, 2.75) is 19.0 Å². The van der Waals surface area contributed by atoms with Gasteiger partial charge in [0.05, 0.1) is 19.3 Å². The van der Waals surface area contributed by atoms with Crippen molar-refractivity contribution in [3.63, 3.8) is 0 Å². The van der Waals surface area contributed by atoms with E-state index < -0.39 is 6.04 Å². The number of benzene rings is 1. The number of anilines is 1. The quantitative estimate of drug-likeness (QED) is 0.757. The number of ether oxygens (including phenoxy) is 1. The van der Waals surface area contributed by atoms with Crippen molar-refractivity contribution in [3.8, 4) is 0 Å². The number of amides is 1. The van der Waals surface area contributed by atoms with Crippen LogP contribution in [0, 0.1) is 0 Å². The third-order valence-corrected chi connectivity index (χ3v) is 4.25. The zero-order valence-electron chi connectivity index (χ0n) is 15.0. The molecule has 1 aromatic heterocycles. The predicted molar refractivity (Wildman–Crippen MR) is 112 cm³/mol. The fourth-order valence-electron chi connectivity index (χ4n) is 2.82. The first-order valence-electron chi connectivity index (χ1n) is 8.57. The number of hydrogen-bond donors (Lipinski definition) is 2. The molecule has 0 saturated carbocycles. The number of aromatic nitrogens is 1. The van der Waals surface area contributed by atoms with Crippen LogP contribution in [0.25, 0.3) is 0 Å². The molecular formula is C19H26Cl2N4O2. The van der Waals surface area contributed by atoms with Gasteiger partial charge in [-0.15, -0.1) is 24.8 Å². The second kappa shape index (κ2) is 11.8. The van der Waals surface area contributed by atoms with Crippen molar-refractivity contribution >= 4 is 36.5 Å². The summed E-state index contributed by atoms with van der Waals surface area (Å²) in [5.41, 5.74) is 8.08. The summed E-state index contributed by atoms with van der Waals surface area (Å²) in [5, 5.41) is 2.91. The molecule has 1 aliphatic rings. The Labute approximate surface area is 172 Å². The highest BCUT2D eigenvalue weighted by Crippen LogP contribution is 2.14. The number of nitrogens with zero attached hydrogens (tertiary/aromatic N) is 2. The topological polar surface area (TPSA) is 80.5 Å². The number of halogens is 2. The summed E-state index contributed by atoms with van der Waals surface area (Å²) in [6.07, 6.45) is 2.30. The van der Waals surface area contributed by atoms with Gasteiger partial charge in [0.25, 0.3) is 0 Å². The van der Waals surface area contributed by atoms with Crippen molar-refractivity contribution in [1.29, 1.82) is 0 Å². The average Bonchev–Trinajstić information content (AvgIpc) is 2.68. The van der Waals surface area contributed by atoms with Crippen LogP contribution in [0.2, 0.25) is 0 Å². The Morgan fingerprint density at radius 2 is 1.85 bits per heavy atom. The zero-order valence-corrected chi connectivity index (χ0v) is 16.7. The van der Waals surface area contributed by atoms with Crippen LogP contribution in [0.1, 0.15) is 11.1 Å². The molecule has 1 aliphatic heterocycles. The first kappa shape index (κ1) is 23.2. The summed E-state index contributed by atoms with van der Waals surface area (Å²) in [5.74, 6) is 0.775. The Morgan fingerprint density at radius 3 is 2.56 bits per heavy atom. The van der Waals surface area contributed by atoms with E-state index in [4.69, 9.17) is 10.5 Å². The number of nitrogens with one attached hydrogen (secondary N) is 1. The van der Waals surface area contributed by atoms with Gasteiger partial charge in [0, 0.05) is 25.8 Å². The largest absolute Gasteiger partial charge is 0.378 e. The Hall–Kier alpha value is -1.86. The van der Waals surface area contributed by atoms with E-state index >= 15 is 0 Å². The van der Waals surface area contributed by atoms with Gasteiger partial charge in [0.2, 0.25) is 5.91 Å². The minimum absolute atomic E-state index is 0. The maximum absolute atomic E-state index is 12.2. The van der Waals surface area contributed by atoms with E-state index in [1.165, 1.54) is 0 Å². The molecule has 2 heterocycles. The lowest BCUT2D eigenvalue weighted by molar-refractivity contribution is -0.122. The number of carbonyl (C=O) groups is 1. The molecule has 8 heteroatoms. The Bertz CT molecular complexity index is 697. The van der Waals surface area contributed by atoms with E-state index in [0.717, 1.165) is 43.2 Å². The molecule has 0 spiro atoms. The van der Waals surface area contributed by atoms with Gasteiger partial charge in [-0.1, -0.05) is 30.3 Å². The molecule has 0 aliphatic carbocycles. The number of pyridine rings is 1. The SMILES string of the molecule is Cl.Cl.NC(Cc1ccccc1)C(=O)NCc1ccnc(N2CCOCC2)c1. The number of hydrogen-bond acceptors (Lipinski definition) is 5.